The third-order valence-corrected chi connectivity index (χ3v) is 3.18. The average Bonchev–Trinajstić information content (AvgIpc) is 2.21. The summed E-state index contributed by atoms with van der Waals surface area (Å²) in [6, 6.07) is 3.53. The largest absolute Gasteiger partial charge is 0.327 e. The number of halogens is 1. The topological polar surface area (TPSA) is 68.0 Å². The number of amides is 1. The molecule has 0 fully saturated rings. The maximum atomic E-state index is 11.5. The molecular formula is C10H14ClN3OS. The molecule has 0 aliphatic heterocycles. The van der Waals surface area contributed by atoms with Crippen molar-refractivity contribution in [3.05, 3.63) is 23.5 Å². The Morgan fingerprint density at radius 2 is 2.50 bits per heavy atom. The summed E-state index contributed by atoms with van der Waals surface area (Å²) in [5, 5.41) is 2.99. The van der Waals surface area contributed by atoms with E-state index in [1.54, 1.807) is 18.3 Å². The Kier molecular flexibility index (Phi) is 5.59. The van der Waals surface area contributed by atoms with Crippen LogP contribution in [0.2, 0.25) is 5.15 Å². The van der Waals surface area contributed by atoms with Crippen molar-refractivity contribution in [3.63, 3.8) is 0 Å². The molecule has 88 valence electrons. The van der Waals surface area contributed by atoms with Crippen LogP contribution < -0.4 is 11.1 Å². The van der Waals surface area contributed by atoms with E-state index < -0.39 is 0 Å². The predicted octanol–water partition coefficient (Wildman–Crippen LogP) is 1.75. The molecule has 1 rings (SSSR count). The van der Waals surface area contributed by atoms with E-state index in [0.717, 1.165) is 5.75 Å². The quantitative estimate of drug-likeness (QED) is 0.791. The first-order valence-electron chi connectivity index (χ1n) is 4.83. The fourth-order valence-corrected chi connectivity index (χ4v) is 1.92. The number of rotatable bonds is 5. The molecular weight excluding hydrogens is 246 g/mol. The molecule has 1 aromatic rings. The molecule has 0 saturated heterocycles. The summed E-state index contributed by atoms with van der Waals surface area (Å²) >= 11 is 7.29. The van der Waals surface area contributed by atoms with Gasteiger partial charge in [-0.2, -0.15) is 11.8 Å². The summed E-state index contributed by atoms with van der Waals surface area (Å²) in [4.78, 5) is 15.4. The molecule has 6 heteroatoms. The summed E-state index contributed by atoms with van der Waals surface area (Å²) in [5.41, 5.74) is 6.11. The van der Waals surface area contributed by atoms with Crippen molar-refractivity contribution in [2.45, 2.75) is 13.0 Å². The predicted molar refractivity (Wildman–Crippen MR) is 68.9 cm³/mol. The lowest BCUT2D eigenvalue weighted by atomic mass is 10.4. The van der Waals surface area contributed by atoms with Crippen LogP contribution in [0.5, 0.6) is 0 Å². The molecule has 4 nitrogen and oxygen atoms in total. The zero-order chi connectivity index (χ0) is 12.0. The Balaban J connectivity index is 2.37. The SMILES string of the molecule is CC(N)CSCC(=O)Nc1cccnc1Cl. The molecule has 0 aromatic carbocycles. The summed E-state index contributed by atoms with van der Waals surface area (Å²) in [6.45, 7) is 1.91. The van der Waals surface area contributed by atoms with Crippen LogP contribution in [0.15, 0.2) is 18.3 Å². The van der Waals surface area contributed by atoms with Gasteiger partial charge in [0.2, 0.25) is 5.91 Å². The van der Waals surface area contributed by atoms with Crippen LogP contribution in [0, 0.1) is 0 Å². The number of pyridine rings is 1. The molecule has 0 spiro atoms. The second-order valence-electron chi connectivity index (χ2n) is 3.38. The molecule has 1 atom stereocenters. The van der Waals surface area contributed by atoms with Crippen molar-refractivity contribution in [3.8, 4) is 0 Å². The van der Waals surface area contributed by atoms with Crippen LogP contribution >= 0.6 is 23.4 Å². The number of hydrogen-bond donors (Lipinski definition) is 2. The Bertz CT molecular complexity index is 360. The van der Waals surface area contributed by atoms with Crippen LogP contribution in [-0.4, -0.2) is 28.4 Å². The Hall–Kier alpha value is -0.780. The van der Waals surface area contributed by atoms with Crippen LogP contribution in [0.25, 0.3) is 0 Å². The van der Waals surface area contributed by atoms with E-state index in [1.807, 2.05) is 6.92 Å². The lowest BCUT2D eigenvalue weighted by Gasteiger charge is -2.07. The third kappa shape index (κ3) is 4.83. The summed E-state index contributed by atoms with van der Waals surface area (Å²) in [7, 11) is 0. The first-order chi connectivity index (χ1) is 7.59. The standard InChI is InChI=1S/C10H14ClN3OS/c1-7(12)5-16-6-9(15)14-8-3-2-4-13-10(8)11/h2-4,7H,5-6,12H2,1H3,(H,14,15). The van der Waals surface area contributed by atoms with Gasteiger partial charge in [-0.05, 0) is 19.1 Å². The number of carbonyl (C=O) groups excluding carboxylic acids is 1. The number of nitrogens with one attached hydrogen (secondary N) is 1. The highest BCUT2D eigenvalue weighted by atomic mass is 35.5. The average molecular weight is 260 g/mol. The Morgan fingerprint density at radius 3 is 3.12 bits per heavy atom. The van der Waals surface area contributed by atoms with Crippen LogP contribution in [0.1, 0.15) is 6.92 Å². The monoisotopic (exact) mass is 259 g/mol. The first kappa shape index (κ1) is 13.3. The van der Waals surface area contributed by atoms with E-state index in [4.69, 9.17) is 17.3 Å². The minimum absolute atomic E-state index is 0.0967. The van der Waals surface area contributed by atoms with Crippen LogP contribution in [0.3, 0.4) is 0 Å². The molecule has 1 aromatic heterocycles. The van der Waals surface area contributed by atoms with E-state index in [2.05, 4.69) is 10.3 Å². The highest BCUT2D eigenvalue weighted by Crippen LogP contribution is 2.17. The van der Waals surface area contributed by atoms with Crippen molar-refractivity contribution in [2.75, 3.05) is 16.8 Å². The lowest BCUT2D eigenvalue weighted by Crippen LogP contribution is -2.20. The van der Waals surface area contributed by atoms with Gasteiger partial charge in [0.1, 0.15) is 0 Å². The van der Waals surface area contributed by atoms with E-state index >= 15 is 0 Å². The molecule has 0 bridgehead atoms. The van der Waals surface area contributed by atoms with Crippen molar-refractivity contribution < 1.29 is 4.79 Å². The third-order valence-electron chi connectivity index (χ3n) is 1.65. The zero-order valence-electron chi connectivity index (χ0n) is 8.94. The van der Waals surface area contributed by atoms with Gasteiger partial charge in [-0.1, -0.05) is 11.6 Å². The molecule has 1 heterocycles. The van der Waals surface area contributed by atoms with Gasteiger partial charge in [0.15, 0.2) is 5.15 Å². The molecule has 1 amide bonds. The minimum Gasteiger partial charge on any atom is -0.327 e. The smallest absolute Gasteiger partial charge is 0.234 e. The molecule has 1 unspecified atom stereocenters. The molecule has 0 saturated carbocycles. The second kappa shape index (κ2) is 6.73. The van der Waals surface area contributed by atoms with E-state index in [0.29, 0.717) is 16.6 Å². The summed E-state index contributed by atoms with van der Waals surface area (Å²) in [6.07, 6.45) is 1.57. The van der Waals surface area contributed by atoms with Gasteiger partial charge < -0.3 is 11.1 Å². The molecule has 0 radical (unpaired) electrons. The highest BCUT2D eigenvalue weighted by Gasteiger charge is 2.06. The van der Waals surface area contributed by atoms with Gasteiger partial charge >= 0.3 is 0 Å². The number of aromatic nitrogens is 1. The van der Waals surface area contributed by atoms with Gasteiger partial charge in [0, 0.05) is 18.0 Å². The van der Waals surface area contributed by atoms with E-state index in [9.17, 15) is 4.79 Å². The Morgan fingerprint density at radius 1 is 1.75 bits per heavy atom. The number of thioether (sulfide) groups is 1. The van der Waals surface area contributed by atoms with E-state index in [-0.39, 0.29) is 11.9 Å². The normalized spacial score (nSPS) is 12.2. The maximum Gasteiger partial charge on any atom is 0.234 e. The fourth-order valence-electron chi connectivity index (χ4n) is 1.00. The minimum atomic E-state index is -0.0967. The maximum absolute atomic E-state index is 11.5. The van der Waals surface area contributed by atoms with Crippen molar-refractivity contribution in [1.29, 1.82) is 0 Å². The van der Waals surface area contributed by atoms with Gasteiger partial charge in [-0.3, -0.25) is 4.79 Å². The second-order valence-corrected chi connectivity index (χ2v) is 4.77. The van der Waals surface area contributed by atoms with Crippen molar-refractivity contribution >= 4 is 35.0 Å². The van der Waals surface area contributed by atoms with E-state index in [1.165, 1.54) is 11.8 Å². The molecule has 16 heavy (non-hydrogen) atoms. The number of carbonyl (C=O) groups is 1. The van der Waals surface area contributed by atoms with Crippen molar-refractivity contribution in [1.82, 2.24) is 4.98 Å². The number of nitrogens with zero attached hydrogens (tertiary/aromatic N) is 1. The lowest BCUT2D eigenvalue weighted by molar-refractivity contribution is -0.113. The molecule has 0 aliphatic rings. The van der Waals surface area contributed by atoms with Gasteiger partial charge in [-0.25, -0.2) is 4.98 Å². The fraction of sp³-hybridized carbons (Fsp3) is 0.400. The van der Waals surface area contributed by atoms with Gasteiger partial charge in [-0.15, -0.1) is 0 Å². The van der Waals surface area contributed by atoms with Crippen LogP contribution in [0.4, 0.5) is 5.69 Å². The van der Waals surface area contributed by atoms with Crippen LogP contribution in [-0.2, 0) is 4.79 Å². The van der Waals surface area contributed by atoms with Gasteiger partial charge in [0.05, 0.1) is 11.4 Å². The Labute approximate surface area is 104 Å². The highest BCUT2D eigenvalue weighted by molar-refractivity contribution is 8.00. The molecule has 3 N–H and O–H groups in total. The number of hydrogen-bond acceptors (Lipinski definition) is 4. The van der Waals surface area contributed by atoms with Gasteiger partial charge in [0.25, 0.3) is 0 Å². The number of anilines is 1. The summed E-state index contributed by atoms with van der Waals surface area (Å²) < 4.78 is 0. The molecule has 0 aliphatic carbocycles. The first-order valence-corrected chi connectivity index (χ1v) is 6.36. The summed E-state index contributed by atoms with van der Waals surface area (Å²) in [5.74, 6) is 1.03. The number of nitrogens with two attached hydrogens (primary N) is 1. The van der Waals surface area contributed by atoms with Crippen molar-refractivity contribution in [2.24, 2.45) is 5.73 Å². The zero-order valence-corrected chi connectivity index (χ0v) is 10.5.